The summed E-state index contributed by atoms with van der Waals surface area (Å²) in [7, 11) is 5.00. The van der Waals surface area contributed by atoms with Gasteiger partial charge in [0.25, 0.3) is 0 Å². The summed E-state index contributed by atoms with van der Waals surface area (Å²) >= 11 is 3.87. The van der Waals surface area contributed by atoms with Gasteiger partial charge in [-0.05, 0) is 0 Å². The van der Waals surface area contributed by atoms with E-state index < -0.39 is 0 Å². The summed E-state index contributed by atoms with van der Waals surface area (Å²) in [6.45, 7) is 0. The van der Waals surface area contributed by atoms with E-state index >= 15 is 0 Å². The Hall–Kier alpha value is -1.94. The van der Waals surface area contributed by atoms with Crippen molar-refractivity contribution in [3.63, 3.8) is 0 Å². The first-order valence-corrected chi connectivity index (χ1v) is 11.8. The predicted molar refractivity (Wildman–Crippen MR) is 119 cm³/mol. The quantitative estimate of drug-likeness (QED) is 0.400. The summed E-state index contributed by atoms with van der Waals surface area (Å²) in [6, 6.07) is 23.1. The maximum absolute atomic E-state index is 5.73. The Morgan fingerprint density at radius 2 is 1.39 bits per heavy atom. The second-order valence-electron chi connectivity index (χ2n) is 6.18. The molecule has 3 nitrogen and oxygen atoms in total. The Bertz CT molecular complexity index is 898. The molecule has 0 aliphatic carbocycles. The van der Waals surface area contributed by atoms with E-state index in [2.05, 4.69) is 70.5 Å². The fourth-order valence-electron chi connectivity index (χ4n) is 3.08. The van der Waals surface area contributed by atoms with E-state index in [-0.39, 0.29) is 5.92 Å². The normalized spacial score (nSPS) is 11.7. The molecule has 3 aromatic carbocycles. The van der Waals surface area contributed by atoms with E-state index in [0.717, 1.165) is 21.1 Å². The first-order chi connectivity index (χ1) is 13.7. The minimum absolute atomic E-state index is 0.197. The summed E-state index contributed by atoms with van der Waals surface area (Å²) in [6.07, 6.45) is 0. The van der Waals surface area contributed by atoms with Gasteiger partial charge in [-0.15, -0.1) is 0 Å². The molecule has 0 saturated heterocycles. The predicted octanol–water partition coefficient (Wildman–Crippen LogP) is 5.05. The molecule has 3 aromatic rings. The van der Waals surface area contributed by atoms with Crippen molar-refractivity contribution < 1.29 is 14.2 Å². The van der Waals surface area contributed by atoms with E-state index in [1.807, 2.05) is 12.1 Å². The molecule has 0 aromatic heterocycles. The van der Waals surface area contributed by atoms with Crippen molar-refractivity contribution in [1.82, 2.24) is 0 Å². The van der Waals surface area contributed by atoms with Crippen LogP contribution in [0.3, 0.4) is 0 Å². The fourth-order valence-corrected chi connectivity index (χ4v) is 5.61. The average Bonchev–Trinajstić information content (AvgIpc) is 2.75. The monoisotopic (exact) mass is 506 g/mol. The molecule has 28 heavy (non-hydrogen) atoms. The Morgan fingerprint density at radius 3 is 2.00 bits per heavy atom. The van der Waals surface area contributed by atoms with Gasteiger partial charge in [-0.2, -0.15) is 0 Å². The van der Waals surface area contributed by atoms with Crippen LogP contribution in [-0.4, -0.2) is 36.3 Å². The molecule has 0 bridgehead atoms. The molecule has 1 atom stereocenters. The maximum atomic E-state index is 5.73. The van der Waals surface area contributed by atoms with Gasteiger partial charge in [-0.1, -0.05) is 0 Å². The van der Waals surface area contributed by atoms with Gasteiger partial charge in [-0.25, -0.2) is 0 Å². The third-order valence-corrected chi connectivity index (χ3v) is 7.39. The van der Waals surface area contributed by atoms with E-state index in [4.69, 9.17) is 14.2 Å². The molecule has 0 amide bonds. The van der Waals surface area contributed by atoms with E-state index in [0.29, 0.717) is 26.5 Å². The molecule has 0 heterocycles. The van der Waals surface area contributed by atoms with E-state index in [1.54, 1.807) is 21.3 Å². The molecule has 0 fully saturated rings. The van der Waals surface area contributed by atoms with Crippen LogP contribution < -0.4 is 18.7 Å². The molecule has 1 unspecified atom stereocenters. The topological polar surface area (TPSA) is 27.7 Å². The number of hydrogen-bond donors (Lipinski definition) is 0. The Labute approximate surface area is 181 Å². The minimum atomic E-state index is 0.197. The fraction of sp³-hybridized carbons (Fsp3) is 0.217. The van der Waals surface area contributed by atoms with E-state index in [9.17, 15) is 0 Å². The van der Waals surface area contributed by atoms with Gasteiger partial charge in [0, 0.05) is 0 Å². The molecule has 0 radical (unpaired) electrons. The molecule has 0 saturated carbocycles. The number of rotatable bonds is 8. The summed E-state index contributed by atoms with van der Waals surface area (Å²) in [5.41, 5.74) is 2.37. The molecular weight excluding hydrogens is 483 g/mol. The standard InChI is InChI=1S/C23H23BrO3Se/c1-25-21-14-23(27-3)22(26-2)13-19(21)20(16-9-11-17(24)12-10-16)15-28-18-7-5-4-6-8-18/h4-14,20H,15H2,1-3H3. The van der Waals surface area contributed by atoms with Crippen LogP contribution in [0.15, 0.2) is 71.2 Å². The van der Waals surface area contributed by atoms with Crippen LogP contribution in [0.5, 0.6) is 17.2 Å². The zero-order valence-electron chi connectivity index (χ0n) is 16.1. The van der Waals surface area contributed by atoms with Crippen molar-refractivity contribution in [3.8, 4) is 17.2 Å². The third-order valence-electron chi connectivity index (χ3n) is 4.54. The van der Waals surface area contributed by atoms with Gasteiger partial charge in [0.15, 0.2) is 0 Å². The summed E-state index contributed by atoms with van der Waals surface area (Å²) < 4.78 is 19.2. The number of hydrogen-bond acceptors (Lipinski definition) is 3. The zero-order chi connectivity index (χ0) is 19.9. The Morgan fingerprint density at radius 1 is 0.786 bits per heavy atom. The van der Waals surface area contributed by atoms with Crippen molar-refractivity contribution in [3.05, 3.63) is 82.3 Å². The molecule has 146 valence electrons. The summed E-state index contributed by atoms with van der Waals surface area (Å²) in [4.78, 5) is 0. The number of halogens is 1. The van der Waals surface area contributed by atoms with Crippen LogP contribution in [0.25, 0.3) is 0 Å². The van der Waals surface area contributed by atoms with Crippen LogP contribution in [0.4, 0.5) is 0 Å². The molecular formula is C23H23BrO3Se. The first kappa shape index (κ1) is 20.8. The van der Waals surface area contributed by atoms with Crippen molar-refractivity contribution >= 4 is 35.3 Å². The number of benzene rings is 3. The van der Waals surface area contributed by atoms with Gasteiger partial charge in [0.2, 0.25) is 0 Å². The van der Waals surface area contributed by atoms with Crippen LogP contribution in [0.2, 0.25) is 5.32 Å². The number of methoxy groups -OCH3 is 3. The van der Waals surface area contributed by atoms with E-state index in [1.165, 1.54) is 10.0 Å². The van der Waals surface area contributed by atoms with Gasteiger partial charge < -0.3 is 0 Å². The van der Waals surface area contributed by atoms with Gasteiger partial charge >= 0.3 is 182 Å². The third kappa shape index (κ3) is 4.91. The van der Waals surface area contributed by atoms with Crippen LogP contribution >= 0.6 is 15.9 Å². The average molecular weight is 506 g/mol. The van der Waals surface area contributed by atoms with Crippen LogP contribution in [-0.2, 0) is 0 Å². The van der Waals surface area contributed by atoms with Crippen LogP contribution in [0.1, 0.15) is 17.0 Å². The SMILES string of the molecule is COc1cc(OC)c(C(C[Se]c2ccccc2)c2ccc(Br)cc2)cc1OC. The number of ether oxygens (including phenoxy) is 3. The molecule has 3 rings (SSSR count). The van der Waals surface area contributed by atoms with Crippen molar-refractivity contribution in [2.45, 2.75) is 11.2 Å². The first-order valence-electron chi connectivity index (χ1n) is 8.89. The molecule has 0 spiro atoms. The van der Waals surface area contributed by atoms with Crippen LogP contribution in [0, 0.1) is 0 Å². The molecule has 5 heteroatoms. The second kappa shape index (κ2) is 10.0. The zero-order valence-corrected chi connectivity index (χ0v) is 19.4. The van der Waals surface area contributed by atoms with Gasteiger partial charge in [0.05, 0.1) is 0 Å². The molecule has 0 N–H and O–H groups in total. The summed E-state index contributed by atoms with van der Waals surface area (Å²) in [5, 5.41) is 1.02. The summed E-state index contributed by atoms with van der Waals surface area (Å²) in [5.74, 6) is 2.40. The van der Waals surface area contributed by atoms with Gasteiger partial charge in [0.1, 0.15) is 0 Å². The van der Waals surface area contributed by atoms with Crippen molar-refractivity contribution in [1.29, 1.82) is 0 Å². The molecule has 0 aliphatic rings. The van der Waals surface area contributed by atoms with Crippen molar-refractivity contribution in [2.75, 3.05) is 21.3 Å². The Balaban J connectivity index is 2.03. The Kier molecular flexibility index (Phi) is 7.43. The molecule has 0 aliphatic heterocycles. The van der Waals surface area contributed by atoms with Crippen molar-refractivity contribution in [2.24, 2.45) is 0 Å². The van der Waals surface area contributed by atoms with Gasteiger partial charge in [-0.3, -0.25) is 0 Å². The second-order valence-corrected chi connectivity index (χ2v) is 9.39.